The first kappa shape index (κ1) is 27.8. The van der Waals surface area contributed by atoms with Crippen LogP contribution in [0.5, 0.6) is 0 Å². The highest BCUT2D eigenvalue weighted by Gasteiger charge is 2.35. The number of nitrogens with one attached hydrogen (secondary N) is 2. The lowest BCUT2D eigenvalue weighted by Crippen LogP contribution is -2.53. The lowest BCUT2D eigenvalue weighted by atomic mass is 9.83. The summed E-state index contributed by atoms with van der Waals surface area (Å²) in [5, 5.41) is 6.13. The summed E-state index contributed by atoms with van der Waals surface area (Å²) in [5.41, 5.74) is 8.69. The van der Waals surface area contributed by atoms with Crippen LogP contribution in [0, 0.1) is 11.8 Å². The van der Waals surface area contributed by atoms with Crippen LogP contribution >= 0.6 is 0 Å². The van der Waals surface area contributed by atoms with Crippen molar-refractivity contribution in [2.24, 2.45) is 11.8 Å². The predicted molar refractivity (Wildman–Crippen MR) is 148 cm³/mol. The Morgan fingerprint density at radius 2 is 1.82 bits per heavy atom. The normalized spacial score (nSPS) is 20.7. The Labute approximate surface area is 225 Å². The van der Waals surface area contributed by atoms with Crippen molar-refractivity contribution >= 4 is 23.4 Å². The molecular formula is C30H41N5O3. The lowest BCUT2D eigenvalue weighted by molar-refractivity contribution is -0.132. The van der Waals surface area contributed by atoms with E-state index in [9.17, 15) is 14.4 Å². The number of nitrogens with zero attached hydrogens (tertiary/aromatic N) is 2. The Bertz CT molecular complexity index is 1120. The van der Waals surface area contributed by atoms with Gasteiger partial charge in [-0.1, -0.05) is 51.0 Å². The number of aryl methyl sites for hydroxylation is 1. The molecule has 1 saturated carbocycles. The number of Topliss-reactive ketones (excluding diaryl/α,β-unsaturated/α-hetero) is 1. The number of aromatic nitrogens is 1. The number of anilines is 1. The van der Waals surface area contributed by atoms with Gasteiger partial charge in [0, 0.05) is 18.8 Å². The number of pyridine rings is 1. The quantitative estimate of drug-likeness (QED) is 0.467. The van der Waals surface area contributed by atoms with Crippen LogP contribution < -0.4 is 16.4 Å². The second-order valence-corrected chi connectivity index (χ2v) is 11.2. The standard InChI is InChI=1S/C30H41N5O3/c1-20(2)16-26(27(36)19-35-15-7-10-21-8-3-4-9-23(21)18-35)34-30(38)24-11-5-6-12-25(24)33-29(37)22-13-14-28(31)32-17-22/h3-4,8-9,13-14,17,20,24-26H,5-7,10-12,15-16,18-19H2,1-2H3,(H2,31,32)(H,33,37)(H,34,38)/t24-,25+,26?/m1/s1. The lowest BCUT2D eigenvalue weighted by Gasteiger charge is -2.33. The number of rotatable bonds is 9. The molecule has 4 rings (SSSR count). The Balaban J connectivity index is 1.40. The van der Waals surface area contributed by atoms with E-state index in [1.165, 1.54) is 17.3 Å². The minimum absolute atomic E-state index is 0.0516. The fourth-order valence-electron chi connectivity index (χ4n) is 5.66. The predicted octanol–water partition coefficient (Wildman–Crippen LogP) is 3.50. The number of fused-ring (bicyclic) bond motifs is 1. The Kier molecular flexibility index (Phi) is 9.50. The topological polar surface area (TPSA) is 117 Å². The molecule has 2 heterocycles. The Morgan fingerprint density at radius 3 is 2.55 bits per heavy atom. The molecule has 204 valence electrons. The van der Waals surface area contributed by atoms with Crippen LogP contribution in [0.25, 0.3) is 0 Å². The van der Waals surface area contributed by atoms with E-state index in [-0.39, 0.29) is 35.5 Å². The van der Waals surface area contributed by atoms with Gasteiger partial charge >= 0.3 is 0 Å². The molecule has 0 saturated heterocycles. The Morgan fingerprint density at radius 1 is 1.05 bits per heavy atom. The van der Waals surface area contributed by atoms with Gasteiger partial charge in [-0.3, -0.25) is 19.3 Å². The summed E-state index contributed by atoms with van der Waals surface area (Å²) < 4.78 is 0. The molecule has 1 aromatic heterocycles. The van der Waals surface area contributed by atoms with E-state index < -0.39 is 6.04 Å². The minimum atomic E-state index is -0.541. The average Bonchev–Trinajstić information content (AvgIpc) is 3.10. The number of ketones is 1. The fraction of sp³-hybridized carbons (Fsp3) is 0.533. The molecular weight excluding hydrogens is 478 g/mol. The third kappa shape index (κ3) is 7.40. The van der Waals surface area contributed by atoms with Gasteiger partial charge in [0.05, 0.1) is 24.1 Å². The molecule has 1 aromatic carbocycles. The number of nitrogen functional groups attached to an aromatic ring is 1. The van der Waals surface area contributed by atoms with Crippen molar-refractivity contribution in [1.82, 2.24) is 20.5 Å². The van der Waals surface area contributed by atoms with Gasteiger partial charge in [0.25, 0.3) is 5.91 Å². The summed E-state index contributed by atoms with van der Waals surface area (Å²) >= 11 is 0. The fourth-order valence-corrected chi connectivity index (χ4v) is 5.66. The van der Waals surface area contributed by atoms with Crippen LogP contribution in [0.4, 0.5) is 5.82 Å². The number of benzene rings is 1. The summed E-state index contributed by atoms with van der Waals surface area (Å²) in [6.45, 7) is 6.07. The molecule has 1 fully saturated rings. The molecule has 3 atom stereocenters. The molecule has 2 aliphatic rings. The van der Waals surface area contributed by atoms with Crippen molar-refractivity contribution in [3.8, 4) is 0 Å². The summed E-state index contributed by atoms with van der Waals surface area (Å²) in [7, 11) is 0. The maximum atomic E-state index is 13.5. The molecule has 0 radical (unpaired) electrons. The van der Waals surface area contributed by atoms with E-state index in [0.29, 0.717) is 30.8 Å². The van der Waals surface area contributed by atoms with Gasteiger partial charge in [-0.2, -0.15) is 0 Å². The molecule has 4 N–H and O–H groups in total. The van der Waals surface area contributed by atoms with Crippen LogP contribution in [0.15, 0.2) is 42.6 Å². The van der Waals surface area contributed by atoms with Gasteiger partial charge in [-0.25, -0.2) is 4.98 Å². The molecule has 38 heavy (non-hydrogen) atoms. The molecule has 8 nitrogen and oxygen atoms in total. The summed E-state index contributed by atoms with van der Waals surface area (Å²) in [6, 6.07) is 10.8. The average molecular weight is 520 g/mol. The zero-order valence-electron chi connectivity index (χ0n) is 22.6. The first-order chi connectivity index (χ1) is 18.3. The van der Waals surface area contributed by atoms with Crippen molar-refractivity contribution in [3.63, 3.8) is 0 Å². The van der Waals surface area contributed by atoms with Crippen LogP contribution in [0.1, 0.15) is 73.9 Å². The number of hydrogen-bond acceptors (Lipinski definition) is 6. The monoisotopic (exact) mass is 519 g/mol. The van der Waals surface area contributed by atoms with E-state index >= 15 is 0 Å². The second kappa shape index (κ2) is 13.0. The third-order valence-corrected chi connectivity index (χ3v) is 7.69. The highest BCUT2D eigenvalue weighted by molar-refractivity contribution is 5.95. The van der Waals surface area contributed by atoms with Gasteiger partial charge in [-0.15, -0.1) is 0 Å². The minimum Gasteiger partial charge on any atom is -0.384 e. The zero-order chi connectivity index (χ0) is 27.1. The molecule has 2 amide bonds. The van der Waals surface area contributed by atoms with E-state index in [1.807, 2.05) is 0 Å². The molecule has 0 spiro atoms. The largest absolute Gasteiger partial charge is 0.384 e. The van der Waals surface area contributed by atoms with Gasteiger partial charge in [0.1, 0.15) is 5.82 Å². The van der Waals surface area contributed by atoms with Crippen molar-refractivity contribution < 1.29 is 14.4 Å². The van der Waals surface area contributed by atoms with E-state index in [4.69, 9.17) is 5.73 Å². The smallest absolute Gasteiger partial charge is 0.253 e. The summed E-state index contributed by atoms with van der Waals surface area (Å²) in [5.74, 6) is -0.127. The summed E-state index contributed by atoms with van der Waals surface area (Å²) in [6.07, 6.45) is 7.34. The maximum Gasteiger partial charge on any atom is 0.253 e. The maximum absolute atomic E-state index is 13.5. The molecule has 1 unspecified atom stereocenters. The SMILES string of the molecule is CC(C)CC(NC(=O)[C@@H]1CCCC[C@@H]1NC(=O)c1ccc(N)nc1)C(=O)CN1CCCc2ccccc2C1. The Hall–Kier alpha value is -3.26. The highest BCUT2D eigenvalue weighted by Crippen LogP contribution is 2.26. The first-order valence-corrected chi connectivity index (χ1v) is 13.9. The van der Waals surface area contributed by atoms with Crippen molar-refractivity contribution in [3.05, 3.63) is 59.3 Å². The second-order valence-electron chi connectivity index (χ2n) is 11.2. The number of nitrogens with two attached hydrogens (primary N) is 1. The van der Waals surface area contributed by atoms with Gasteiger partial charge in [-0.05, 0) is 67.8 Å². The zero-order valence-corrected chi connectivity index (χ0v) is 22.6. The molecule has 1 aliphatic heterocycles. The molecule has 1 aliphatic carbocycles. The number of amides is 2. The van der Waals surface area contributed by atoms with Crippen molar-refractivity contribution in [1.29, 1.82) is 0 Å². The number of carbonyl (C=O) groups excluding carboxylic acids is 3. The van der Waals surface area contributed by atoms with Gasteiger partial charge < -0.3 is 16.4 Å². The van der Waals surface area contributed by atoms with Gasteiger partial charge in [0.2, 0.25) is 5.91 Å². The first-order valence-electron chi connectivity index (χ1n) is 13.9. The van der Waals surface area contributed by atoms with E-state index in [2.05, 4.69) is 58.6 Å². The number of hydrogen-bond donors (Lipinski definition) is 3. The van der Waals surface area contributed by atoms with E-state index in [1.54, 1.807) is 12.1 Å². The van der Waals surface area contributed by atoms with Crippen molar-refractivity contribution in [2.75, 3.05) is 18.8 Å². The number of carbonyl (C=O) groups is 3. The van der Waals surface area contributed by atoms with Gasteiger partial charge in [0.15, 0.2) is 5.78 Å². The molecule has 8 heteroatoms. The van der Waals surface area contributed by atoms with Crippen LogP contribution in [0.2, 0.25) is 0 Å². The van der Waals surface area contributed by atoms with E-state index in [0.717, 1.165) is 45.2 Å². The van der Waals surface area contributed by atoms with Crippen molar-refractivity contribution in [2.45, 2.75) is 77.4 Å². The van der Waals surface area contributed by atoms with Crippen LogP contribution in [-0.2, 0) is 22.6 Å². The summed E-state index contributed by atoms with van der Waals surface area (Å²) in [4.78, 5) is 46.1. The third-order valence-electron chi connectivity index (χ3n) is 7.69. The van der Waals surface area contributed by atoms with Crippen LogP contribution in [-0.4, -0.2) is 52.7 Å². The molecule has 0 bridgehead atoms. The molecule has 2 aromatic rings. The highest BCUT2D eigenvalue weighted by atomic mass is 16.2. The van der Waals surface area contributed by atoms with Crippen LogP contribution in [0.3, 0.4) is 0 Å².